The standard InChI is InChI=1S/C23H27N7O10S2/c1-22(2)16(19(32)30(22)40-42(35,36)37)28-18(31)15(12-9-41-21(26)27-12)29-39-23(3,20(33)34)14-7-5-10-8-11(17(24)25)4-6-13(10)38-14/h4,6,8-9,14,16H,5,7H2,1-3H3,(H3,24,25)(H2,26,27)(H,28,31)(H,33,34)(H,35,36,37)/b29-15-/t14-,16-,23+/m1/s1. The van der Waals surface area contributed by atoms with Gasteiger partial charge in [0.25, 0.3) is 17.4 Å². The van der Waals surface area contributed by atoms with Crippen molar-refractivity contribution < 1.29 is 46.3 Å². The molecule has 8 N–H and O–H groups in total. The second-order valence-electron chi connectivity index (χ2n) is 10.1. The van der Waals surface area contributed by atoms with Crippen LogP contribution in [0.15, 0.2) is 28.7 Å². The highest BCUT2D eigenvalue weighted by Crippen LogP contribution is 2.35. The number of carbonyl (C=O) groups excluding carboxylic acids is 2. The first-order chi connectivity index (χ1) is 19.4. The molecule has 0 radical (unpaired) electrons. The Balaban J connectivity index is 1.59. The number of carboxylic acid groups (broad SMARTS) is 1. The largest absolute Gasteiger partial charge is 0.485 e. The number of aliphatic carboxylic acids is 1. The number of ether oxygens (including phenoxy) is 1. The summed E-state index contributed by atoms with van der Waals surface area (Å²) < 4.78 is 41.3. The molecule has 0 unspecified atom stereocenters. The number of β-lactam (4-membered cyclic amide) rings is 1. The van der Waals surface area contributed by atoms with Gasteiger partial charge < -0.3 is 31.5 Å². The van der Waals surface area contributed by atoms with Crippen molar-refractivity contribution in [3.8, 4) is 5.75 Å². The summed E-state index contributed by atoms with van der Waals surface area (Å²) >= 11 is 0.955. The molecule has 19 heteroatoms. The Hall–Kier alpha value is -4.33. The molecule has 42 heavy (non-hydrogen) atoms. The number of aryl methyl sites for hydroxylation is 1. The predicted octanol–water partition coefficient (Wildman–Crippen LogP) is -0.193. The molecule has 1 aromatic heterocycles. The Labute approximate surface area is 242 Å². The SMILES string of the molecule is CC1(C)[C@H](NC(=O)/C(=N\O[C@](C)(C(=O)O)[C@H]2CCc3cc(C(=N)N)ccc3O2)c2csc(N)n2)C(=O)N1OS(=O)(=O)O. The van der Waals surface area contributed by atoms with Crippen LogP contribution < -0.4 is 21.5 Å². The molecule has 1 fully saturated rings. The van der Waals surface area contributed by atoms with Crippen molar-refractivity contribution in [3.63, 3.8) is 0 Å². The lowest BCUT2D eigenvalue weighted by Gasteiger charge is -2.50. The normalized spacial score (nSPS) is 21.3. The van der Waals surface area contributed by atoms with E-state index in [0.717, 1.165) is 11.3 Å². The molecule has 3 atom stereocenters. The maximum atomic E-state index is 13.3. The van der Waals surface area contributed by atoms with E-state index in [9.17, 15) is 27.9 Å². The van der Waals surface area contributed by atoms with Crippen LogP contribution in [0.2, 0.25) is 0 Å². The molecule has 4 rings (SSSR count). The van der Waals surface area contributed by atoms with E-state index in [-0.39, 0.29) is 23.1 Å². The van der Waals surface area contributed by atoms with Crippen LogP contribution in [0.25, 0.3) is 0 Å². The summed E-state index contributed by atoms with van der Waals surface area (Å²) in [5, 5.41) is 25.7. The number of hydrogen-bond acceptors (Lipinski definition) is 13. The Morgan fingerprint density at radius 2 is 2.07 bits per heavy atom. The summed E-state index contributed by atoms with van der Waals surface area (Å²) in [4.78, 5) is 47.7. The van der Waals surface area contributed by atoms with E-state index in [2.05, 4.69) is 19.7 Å². The lowest BCUT2D eigenvalue weighted by molar-refractivity contribution is -0.218. The highest BCUT2D eigenvalue weighted by Gasteiger charge is 2.58. The number of hydrogen-bond donors (Lipinski definition) is 6. The third-order valence-electron chi connectivity index (χ3n) is 6.78. The number of carboxylic acids is 1. The Morgan fingerprint density at radius 1 is 1.38 bits per heavy atom. The third-order valence-corrected chi connectivity index (χ3v) is 7.79. The number of rotatable bonds is 10. The fraction of sp³-hybridized carbons (Fsp3) is 0.391. The monoisotopic (exact) mass is 625 g/mol. The number of nitrogen functional groups attached to an aromatic ring is 2. The number of aromatic nitrogens is 1. The maximum absolute atomic E-state index is 13.3. The summed E-state index contributed by atoms with van der Waals surface area (Å²) in [5.74, 6) is -3.25. The zero-order chi connectivity index (χ0) is 31.2. The number of anilines is 1. The number of amides is 2. The number of fused-ring (bicyclic) bond motifs is 1. The van der Waals surface area contributed by atoms with Gasteiger partial charge in [0.1, 0.15) is 23.3 Å². The molecule has 0 saturated carbocycles. The van der Waals surface area contributed by atoms with Gasteiger partial charge in [0.15, 0.2) is 16.9 Å². The summed E-state index contributed by atoms with van der Waals surface area (Å²) in [6, 6.07) is 3.46. The highest BCUT2D eigenvalue weighted by molar-refractivity contribution is 7.80. The first kappa shape index (κ1) is 30.6. The topological polar surface area (TPSA) is 270 Å². The Kier molecular flexibility index (Phi) is 7.89. The van der Waals surface area contributed by atoms with Crippen molar-refractivity contribution >= 4 is 56.2 Å². The molecule has 0 spiro atoms. The number of hydroxylamine groups is 2. The fourth-order valence-electron chi connectivity index (χ4n) is 4.34. The minimum absolute atomic E-state index is 0.0522. The number of nitrogens with two attached hydrogens (primary N) is 2. The van der Waals surface area contributed by atoms with Crippen LogP contribution in [0, 0.1) is 5.41 Å². The van der Waals surface area contributed by atoms with E-state index in [1.54, 1.807) is 18.2 Å². The number of carbonyl (C=O) groups is 3. The number of benzene rings is 1. The molecule has 1 saturated heterocycles. The van der Waals surface area contributed by atoms with Crippen molar-refractivity contribution in [2.45, 2.75) is 56.9 Å². The second-order valence-corrected chi connectivity index (χ2v) is 12.0. The van der Waals surface area contributed by atoms with Crippen molar-refractivity contribution in [2.24, 2.45) is 10.9 Å². The second kappa shape index (κ2) is 10.8. The minimum Gasteiger partial charge on any atom is -0.485 e. The summed E-state index contributed by atoms with van der Waals surface area (Å²) in [6.45, 7) is 3.93. The van der Waals surface area contributed by atoms with Crippen molar-refractivity contribution in [1.29, 1.82) is 5.41 Å². The van der Waals surface area contributed by atoms with Crippen molar-refractivity contribution in [3.05, 3.63) is 40.4 Å². The molecule has 17 nitrogen and oxygen atoms in total. The van der Waals surface area contributed by atoms with E-state index in [1.807, 2.05) is 0 Å². The molecule has 2 aliphatic rings. The molecule has 3 heterocycles. The van der Waals surface area contributed by atoms with Crippen LogP contribution in [-0.4, -0.2) is 80.7 Å². The summed E-state index contributed by atoms with van der Waals surface area (Å²) in [5.41, 5.74) is 8.28. The lowest BCUT2D eigenvalue weighted by Crippen LogP contribution is -2.76. The Bertz CT molecular complexity index is 1610. The number of oxime groups is 1. The van der Waals surface area contributed by atoms with E-state index in [1.165, 1.54) is 26.2 Å². The van der Waals surface area contributed by atoms with Crippen LogP contribution in [-0.2, 0) is 40.3 Å². The minimum atomic E-state index is -5.02. The van der Waals surface area contributed by atoms with Gasteiger partial charge in [0.2, 0.25) is 0 Å². The lowest BCUT2D eigenvalue weighted by atomic mass is 9.84. The molecule has 0 aliphatic carbocycles. The van der Waals surface area contributed by atoms with Crippen LogP contribution in [0.1, 0.15) is 44.0 Å². The van der Waals surface area contributed by atoms with Gasteiger partial charge in [-0.05, 0) is 57.4 Å². The molecule has 1 aromatic carbocycles. The van der Waals surface area contributed by atoms with Crippen LogP contribution in [0.4, 0.5) is 5.13 Å². The molecule has 226 valence electrons. The number of amidine groups is 1. The van der Waals surface area contributed by atoms with Crippen LogP contribution in [0.5, 0.6) is 5.75 Å². The number of thiazole rings is 1. The van der Waals surface area contributed by atoms with Gasteiger partial charge in [-0.2, -0.15) is 13.5 Å². The van der Waals surface area contributed by atoms with E-state index < -0.39 is 57.2 Å². The van der Waals surface area contributed by atoms with Crippen LogP contribution in [0.3, 0.4) is 0 Å². The van der Waals surface area contributed by atoms with Gasteiger partial charge in [0.05, 0.1) is 5.54 Å². The van der Waals surface area contributed by atoms with Crippen molar-refractivity contribution in [2.75, 3.05) is 5.73 Å². The van der Waals surface area contributed by atoms with Crippen molar-refractivity contribution in [1.82, 2.24) is 15.4 Å². The van der Waals surface area contributed by atoms with Gasteiger partial charge >= 0.3 is 16.4 Å². The summed E-state index contributed by atoms with van der Waals surface area (Å²) in [7, 11) is -5.02. The first-order valence-corrected chi connectivity index (χ1v) is 14.4. The van der Waals surface area contributed by atoms with Crippen LogP contribution >= 0.6 is 11.3 Å². The molecule has 0 bridgehead atoms. The maximum Gasteiger partial charge on any atom is 0.418 e. The fourth-order valence-corrected chi connectivity index (χ4v) is 5.34. The van der Waals surface area contributed by atoms with Gasteiger partial charge in [-0.1, -0.05) is 5.16 Å². The summed E-state index contributed by atoms with van der Waals surface area (Å²) in [6.07, 6.45) is -0.530. The number of nitrogens with zero attached hydrogens (tertiary/aromatic N) is 3. The van der Waals surface area contributed by atoms with Gasteiger partial charge in [-0.25, -0.2) is 9.78 Å². The zero-order valence-corrected chi connectivity index (χ0v) is 24.0. The quantitative estimate of drug-likeness (QED) is 0.0657. The average Bonchev–Trinajstić information content (AvgIpc) is 3.34. The van der Waals surface area contributed by atoms with Gasteiger partial charge in [-0.15, -0.1) is 15.6 Å². The Morgan fingerprint density at radius 3 is 2.62 bits per heavy atom. The first-order valence-electron chi connectivity index (χ1n) is 12.1. The molecule has 2 aromatic rings. The van der Waals surface area contributed by atoms with Gasteiger partial charge in [0, 0.05) is 10.9 Å². The third kappa shape index (κ3) is 5.84. The van der Waals surface area contributed by atoms with E-state index >= 15 is 0 Å². The molecule has 2 amide bonds. The highest BCUT2D eigenvalue weighted by atomic mass is 32.3. The molecular weight excluding hydrogens is 598 g/mol. The molecular formula is C23H27N7O10S2. The zero-order valence-electron chi connectivity index (χ0n) is 22.4. The van der Waals surface area contributed by atoms with Gasteiger partial charge in [-0.3, -0.25) is 19.6 Å². The van der Waals surface area contributed by atoms with E-state index in [0.29, 0.717) is 28.4 Å². The average molecular weight is 626 g/mol. The smallest absolute Gasteiger partial charge is 0.418 e. The predicted molar refractivity (Wildman–Crippen MR) is 146 cm³/mol. The molecule has 2 aliphatic heterocycles. The van der Waals surface area contributed by atoms with E-state index in [4.69, 9.17) is 31.0 Å². The number of nitrogens with one attached hydrogen (secondary N) is 2.